The normalized spacial score (nSPS) is 13.3. The Hall–Kier alpha value is -0.850. The zero-order chi connectivity index (χ0) is 14.9. The molecule has 6 heteroatoms. The van der Waals surface area contributed by atoms with E-state index in [1.165, 1.54) is 12.1 Å². The number of alkyl halides is 3. The van der Waals surface area contributed by atoms with Crippen molar-refractivity contribution in [3.8, 4) is 0 Å². The van der Waals surface area contributed by atoms with E-state index in [1.54, 1.807) is 0 Å². The molecule has 0 aliphatic heterocycles. The maximum absolute atomic E-state index is 12.5. The summed E-state index contributed by atoms with van der Waals surface area (Å²) < 4.78 is 39.2. The third-order valence-corrected chi connectivity index (χ3v) is 4.07. The maximum Gasteiger partial charge on any atom is 0.416 e. The Morgan fingerprint density at radius 1 is 0.950 bits per heavy atom. The molecule has 0 aromatic heterocycles. The smallest absolute Gasteiger partial charge is 0.320 e. The van der Waals surface area contributed by atoms with Gasteiger partial charge in [-0.3, -0.25) is 0 Å². The van der Waals surface area contributed by atoms with Gasteiger partial charge in [-0.2, -0.15) is 13.2 Å². The van der Waals surface area contributed by atoms with Crippen molar-refractivity contribution in [3.63, 3.8) is 0 Å². The molecule has 0 fully saturated rings. The average molecular weight is 409 g/mol. The minimum atomic E-state index is -4.33. The summed E-state index contributed by atoms with van der Waals surface area (Å²) >= 11 is 6.74. The van der Waals surface area contributed by atoms with E-state index >= 15 is 0 Å². The van der Waals surface area contributed by atoms with Crippen LogP contribution in [0.4, 0.5) is 13.2 Å². The summed E-state index contributed by atoms with van der Waals surface area (Å²) in [6.45, 7) is 0. The Labute approximate surface area is 131 Å². The van der Waals surface area contributed by atoms with Gasteiger partial charge < -0.3 is 5.73 Å². The summed E-state index contributed by atoms with van der Waals surface area (Å²) in [7, 11) is 0. The van der Waals surface area contributed by atoms with Crippen LogP contribution in [-0.2, 0) is 6.18 Å². The number of halogens is 5. The molecule has 0 aliphatic carbocycles. The van der Waals surface area contributed by atoms with Crippen LogP contribution in [0.3, 0.4) is 0 Å². The lowest BCUT2D eigenvalue weighted by molar-refractivity contribution is -0.137. The highest BCUT2D eigenvalue weighted by molar-refractivity contribution is 9.11. The SMILES string of the molecule is NC(c1ccc(C(F)(F)F)cc1)c1ccc(Br)cc1Br. The van der Waals surface area contributed by atoms with E-state index < -0.39 is 17.8 Å². The van der Waals surface area contributed by atoms with Gasteiger partial charge >= 0.3 is 6.18 Å². The fourth-order valence-electron chi connectivity index (χ4n) is 1.81. The van der Waals surface area contributed by atoms with Gasteiger partial charge in [0.15, 0.2) is 0 Å². The number of hydrogen-bond donors (Lipinski definition) is 1. The third-order valence-electron chi connectivity index (χ3n) is 2.89. The van der Waals surface area contributed by atoms with Crippen molar-refractivity contribution < 1.29 is 13.2 Å². The first kappa shape index (κ1) is 15.5. The minimum Gasteiger partial charge on any atom is -0.320 e. The molecule has 1 unspecified atom stereocenters. The topological polar surface area (TPSA) is 26.0 Å². The van der Waals surface area contributed by atoms with E-state index in [-0.39, 0.29) is 0 Å². The average Bonchev–Trinajstić information content (AvgIpc) is 2.37. The number of nitrogens with two attached hydrogens (primary N) is 1. The second-order valence-corrected chi connectivity index (χ2v) is 6.03. The van der Waals surface area contributed by atoms with Crippen LogP contribution >= 0.6 is 31.9 Å². The van der Waals surface area contributed by atoms with E-state index in [2.05, 4.69) is 31.9 Å². The van der Waals surface area contributed by atoms with E-state index in [1.807, 2.05) is 18.2 Å². The summed E-state index contributed by atoms with van der Waals surface area (Å²) in [6, 6.07) is 9.92. The lowest BCUT2D eigenvalue weighted by atomic mass is 9.98. The van der Waals surface area contributed by atoms with Crippen molar-refractivity contribution in [1.82, 2.24) is 0 Å². The number of benzene rings is 2. The van der Waals surface area contributed by atoms with Crippen molar-refractivity contribution in [2.75, 3.05) is 0 Å². The second-order valence-electron chi connectivity index (χ2n) is 4.26. The highest BCUT2D eigenvalue weighted by atomic mass is 79.9. The molecule has 2 rings (SSSR count). The van der Waals surface area contributed by atoms with E-state index in [0.717, 1.165) is 26.6 Å². The van der Waals surface area contributed by atoms with Gasteiger partial charge in [0.25, 0.3) is 0 Å². The van der Waals surface area contributed by atoms with Crippen LogP contribution in [0, 0.1) is 0 Å². The highest BCUT2D eigenvalue weighted by Crippen LogP contribution is 2.32. The van der Waals surface area contributed by atoms with E-state index in [4.69, 9.17) is 5.73 Å². The van der Waals surface area contributed by atoms with Gasteiger partial charge in [-0.15, -0.1) is 0 Å². The first-order valence-electron chi connectivity index (χ1n) is 5.66. The Balaban J connectivity index is 2.31. The minimum absolute atomic E-state index is 0.486. The van der Waals surface area contributed by atoms with Crippen molar-refractivity contribution in [1.29, 1.82) is 0 Å². The van der Waals surface area contributed by atoms with Crippen LogP contribution < -0.4 is 5.73 Å². The van der Waals surface area contributed by atoms with Gasteiger partial charge in [-0.1, -0.05) is 50.1 Å². The Morgan fingerprint density at radius 2 is 1.55 bits per heavy atom. The molecule has 0 spiro atoms. The molecule has 0 saturated heterocycles. The molecule has 0 aliphatic rings. The zero-order valence-electron chi connectivity index (χ0n) is 10.1. The van der Waals surface area contributed by atoms with Crippen molar-refractivity contribution in [2.45, 2.75) is 12.2 Å². The molecule has 0 amide bonds. The molecule has 2 aromatic rings. The molecule has 2 aromatic carbocycles. The summed E-state index contributed by atoms with van der Waals surface area (Å²) in [5.41, 5.74) is 6.86. The number of hydrogen-bond acceptors (Lipinski definition) is 1. The largest absolute Gasteiger partial charge is 0.416 e. The van der Waals surface area contributed by atoms with Gasteiger partial charge in [0.1, 0.15) is 0 Å². The van der Waals surface area contributed by atoms with Crippen LogP contribution in [0.25, 0.3) is 0 Å². The summed E-state index contributed by atoms with van der Waals surface area (Å²) in [5, 5.41) is 0. The Kier molecular flexibility index (Phi) is 4.56. The van der Waals surface area contributed by atoms with Crippen LogP contribution in [0.15, 0.2) is 51.4 Å². The second kappa shape index (κ2) is 5.87. The monoisotopic (exact) mass is 407 g/mol. The lowest BCUT2D eigenvalue weighted by Gasteiger charge is -2.15. The molecule has 0 bridgehead atoms. The van der Waals surface area contributed by atoms with Crippen molar-refractivity contribution in [2.24, 2.45) is 5.73 Å². The quantitative estimate of drug-likeness (QED) is 0.718. The summed E-state index contributed by atoms with van der Waals surface area (Å²) in [6.07, 6.45) is -4.33. The highest BCUT2D eigenvalue weighted by Gasteiger charge is 2.30. The molecule has 0 saturated carbocycles. The predicted molar refractivity (Wildman–Crippen MR) is 79.3 cm³/mol. The van der Waals surface area contributed by atoms with Gasteiger partial charge in [0.05, 0.1) is 11.6 Å². The molecule has 1 nitrogen and oxygen atoms in total. The maximum atomic E-state index is 12.5. The Morgan fingerprint density at radius 3 is 2.05 bits per heavy atom. The predicted octanol–water partition coefficient (Wildman–Crippen LogP) is 5.28. The van der Waals surface area contributed by atoms with E-state index in [9.17, 15) is 13.2 Å². The lowest BCUT2D eigenvalue weighted by Crippen LogP contribution is -2.13. The van der Waals surface area contributed by atoms with Crippen LogP contribution in [0.2, 0.25) is 0 Å². The van der Waals surface area contributed by atoms with Gasteiger partial charge in [-0.25, -0.2) is 0 Å². The van der Waals surface area contributed by atoms with Gasteiger partial charge in [0.2, 0.25) is 0 Å². The van der Waals surface area contributed by atoms with Crippen molar-refractivity contribution in [3.05, 3.63) is 68.1 Å². The Bertz CT molecular complexity index is 609. The first-order chi connectivity index (χ1) is 9.29. The fourth-order valence-corrected chi connectivity index (χ4v) is 3.11. The van der Waals surface area contributed by atoms with Crippen LogP contribution in [0.5, 0.6) is 0 Å². The fraction of sp³-hybridized carbons (Fsp3) is 0.143. The van der Waals surface area contributed by atoms with E-state index in [0.29, 0.717) is 5.56 Å². The molecule has 2 N–H and O–H groups in total. The molecule has 20 heavy (non-hydrogen) atoms. The van der Waals surface area contributed by atoms with Crippen molar-refractivity contribution >= 4 is 31.9 Å². The summed E-state index contributed by atoms with van der Waals surface area (Å²) in [5.74, 6) is 0. The first-order valence-corrected chi connectivity index (χ1v) is 7.25. The molecular weight excluding hydrogens is 399 g/mol. The zero-order valence-corrected chi connectivity index (χ0v) is 13.3. The van der Waals surface area contributed by atoms with Crippen LogP contribution in [-0.4, -0.2) is 0 Å². The third kappa shape index (κ3) is 3.42. The standard InChI is InChI=1S/C14H10Br2F3N/c15-10-5-6-11(12(16)7-10)13(20)8-1-3-9(4-2-8)14(17,18)19/h1-7,13H,20H2. The molecule has 1 atom stereocenters. The molecule has 0 heterocycles. The molecule has 106 valence electrons. The van der Waals surface area contributed by atoms with Crippen LogP contribution in [0.1, 0.15) is 22.7 Å². The number of rotatable bonds is 2. The molecule has 0 radical (unpaired) electrons. The summed E-state index contributed by atoms with van der Waals surface area (Å²) in [4.78, 5) is 0. The molecular formula is C14H10Br2F3N. The van der Waals surface area contributed by atoms with Gasteiger partial charge in [0, 0.05) is 8.95 Å². The van der Waals surface area contributed by atoms with Gasteiger partial charge in [-0.05, 0) is 35.4 Å².